The third-order valence-corrected chi connectivity index (χ3v) is 5.01. The zero-order valence-electron chi connectivity index (χ0n) is 14.4. The molecule has 8 heteroatoms. The van der Waals surface area contributed by atoms with Crippen molar-refractivity contribution in [1.82, 2.24) is 19.7 Å². The highest BCUT2D eigenvalue weighted by Crippen LogP contribution is 2.32. The van der Waals surface area contributed by atoms with Crippen LogP contribution in [0.25, 0.3) is 0 Å². The normalized spacial score (nSPS) is 22.5. The van der Waals surface area contributed by atoms with Gasteiger partial charge in [-0.1, -0.05) is 6.07 Å². The number of aryl methyl sites for hydroxylation is 1. The summed E-state index contributed by atoms with van der Waals surface area (Å²) in [6.07, 6.45) is 0.623. The Morgan fingerprint density at radius 1 is 1.16 bits per heavy atom. The summed E-state index contributed by atoms with van der Waals surface area (Å²) in [5, 5.41) is 2.80. The Bertz CT molecular complexity index is 748. The van der Waals surface area contributed by atoms with E-state index in [0.29, 0.717) is 19.5 Å². The van der Waals surface area contributed by atoms with Crippen LogP contribution in [-0.2, 0) is 16.1 Å². The molecule has 0 saturated carbocycles. The van der Waals surface area contributed by atoms with Gasteiger partial charge in [0.2, 0.25) is 11.8 Å². The minimum absolute atomic E-state index is 0.0557. The zero-order chi connectivity index (χ0) is 18.1. The Kier molecular flexibility index (Phi) is 4.61. The predicted octanol–water partition coefficient (Wildman–Crippen LogP) is -0.197. The maximum absolute atomic E-state index is 12.2. The largest absolute Gasteiger partial charge is 0.338 e. The van der Waals surface area contributed by atoms with Crippen molar-refractivity contribution in [2.75, 3.05) is 26.7 Å². The first-order valence-corrected chi connectivity index (χ1v) is 8.41. The Morgan fingerprint density at radius 3 is 2.40 bits per heavy atom. The number of carbonyl (C=O) groups is 3. The average Bonchev–Trinajstić information content (AvgIpc) is 3.10. The van der Waals surface area contributed by atoms with Crippen LogP contribution < -0.4 is 10.9 Å². The van der Waals surface area contributed by atoms with E-state index in [9.17, 15) is 19.2 Å². The molecule has 3 rings (SSSR count). The number of fused-ring (bicyclic) bond motifs is 1. The van der Waals surface area contributed by atoms with Gasteiger partial charge in [0.25, 0.3) is 5.56 Å². The molecule has 2 saturated heterocycles. The van der Waals surface area contributed by atoms with E-state index in [-0.39, 0.29) is 36.5 Å². The number of hydrogen-bond acceptors (Lipinski definition) is 4. The summed E-state index contributed by atoms with van der Waals surface area (Å²) in [6, 6.07) is 4.84. The molecule has 1 aromatic heterocycles. The third kappa shape index (κ3) is 3.16. The maximum atomic E-state index is 12.2. The van der Waals surface area contributed by atoms with Crippen molar-refractivity contribution >= 4 is 17.8 Å². The van der Waals surface area contributed by atoms with Gasteiger partial charge in [-0.2, -0.15) is 0 Å². The molecular weight excluding hydrogens is 324 g/mol. The molecule has 1 N–H and O–H groups in total. The van der Waals surface area contributed by atoms with Gasteiger partial charge in [0.1, 0.15) is 0 Å². The second-order valence-electron chi connectivity index (χ2n) is 6.60. The van der Waals surface area contributed by atoms with E-state index in [2.05, 4.69) is 5.32 Å². The first-order valence-electron chi connectivity index (χ1n) is 8.41. The van der Waals surface area contributed by atoms with Crippen LogP contribution in [0.1, 0.15) is 12.1 Å². The van der Waals surface area contributed by atoms with Crippen LogP contribution in [0.3, 0.4) is 0 Å². The number of aromatic nitrogens is 1. The van der Waals surface area contributed by atoms with Crippen molar-refractivity contribution in [3.05, 3.63) is 34.2 Å². The summed E-state index contributed by atoms with van der Waals surface area (Å²) in [5.41, 5.74) is 0.826. The summed E-state index contributed by atoms with van der Waals surface area (Å²) < 4.78 is 1.67. The molecule has 2 aliphatic heterocycles. The number of rotatable bonds is 4. The van der Waals surface area contributed by atoms with Gasteiger partial charge in [-0.25, -0.2) is 4.79 Å². The van der Waals surface area contributed by atoms with Gasteiger partial charge >= 0.3 is 6.03 Å². The van der Waals surface area contributed by atoms with Crippen LogP contribution in [0, 0.1) is 18.8 Å². The number of urea groups is 1. The van der Waals surface area contributed by atoms with E-state index in [4.69, 9.17) is 0 Å². The molecule has 2 fully saturated rings. The fraction of sp³-hybridized carbons (Fsp3) is 0.529. The lowest BCUT2D eigenvalue weighted by molar-refractivity contribution is -0.138. The van der Waals surface area contributed by atoms with Crippen molar-refractivity contribution in [1.29, 1.82) is 0 Å². The topological polar surface area (TPSA) is 91.7 Å². The number of carbonyl (C=O) groups excluding carboxylic acids is 3. The van der Waals surface area contributed by atoms with E-state index in [1.165, 1.54) is 18.0 Å². The van der Waals surface area contributed by atoms with Gasteiger partial charge in [0.15, 0.2) is 0 Å². The zero-order valence-corrected chi connectivity index (χ0v) is 14.4. The molecule has 0 aliphatic carbocycles. The van der Waals surface area contributed by atoms with Gasteiger partial charge in [0.05, 0.1) is 11.8 Å². The Hall–Kier alpha value is -2.64. The number of amides is 4. The van der Waals surface area contributed by atoms with E-state index in [0.717, 1.165) is 10.6 Å². The van der Waals surface area contributed by atoms with E-state index < -0.39 is 11.8 Å². The summed E-state index contributed by atoms with van der Waals surface area (Å²) in [6.45, 7) is 3.38. The molecule has 2 aliphatic rings. The molecular formula is C17H22N4O4. The molecule has 8 nitrogen and oxygen atoms in total. The fourth-order valence-corrected chi connectivity index (χ4v) is 3.53. The maximum Gasteiger partial charge on any atom is 0.317 e. The van der Waals surface area contributed by atoms with Crippen LogP contribution in [0.4, 0.5) is 4.79 Å². The minimum Gasteiger partial charge on any atom is -0.338 e. The molecule has 1 aromatic rings. The number of pyridine rings is 1. The van der Waals surface area contributed by atoms with E-state index in [1.807, 2.05) is 13.0 Å². The molecule has 0 bridgehead atoms. The molecule has 3 heterocycles. The summed E-state index contributed by atoms with van der Waals surface area (Å²) in [4.78, 5) is 50.6. The highest BCUT2D eigenvalue weighted by molar-refractivity contribution is 6.05. The first kappa shape index (κ1) is 17.2. The van der Waals surface area contributed by atoms with Gasteiger partial charge in [-0.15, -0.1) is 0 Å². The summed E-state index contributed by atoms with van der Waals surface area (Å²) >= 11 is 0. The molecule has 0 aromatic carbocycles. The highest BCUT2D eigenvalue weighted by atomic mass is 16.2. The quantitative estimate of drug-likeness (QED) is 0.604. The van der Waals surface area contributed by atoms with Crippen LogP contribution in [0.15, 0.2) is 23.0 Å². The number of nitrogens with one attached hydrogen (secondary N) is 1. The Labute approximate surface area is 145 Å². The van der Waals surface area contributed by atoms with Crippen molar-refractivity contribution in [3.63, 3.8) is 0 Å². The summed E-state index contributed by atoms with van der Waals surface area (Å²) in [5.74, 6) is -1.23. The minimum atomic E-state index is -0.409. The second-order valence-corrected chi connectivity index (χ2v) is 6.60. The average molecular weight is 346 g/mol. The van der Waals surface area contributed by atoms with Crippen LogP contribution >= 0.6 is 0 Å². The smallest absolute Gasteiger partial charge is 0.317 e. The Balaban J connectivity index is 1.47. The molecule has 4 amide bonds. The van der Waals surface area contributed by atoms with E-state index in [1.54, 1.807) is 10.6 Å². The predicted molar refractivity (Wildman–Crippen MR) is 89.8 cm³/mol. The fourth-order valence-electron chi connectivity index (χ4n) is 3.53. The van der Waals surface area contributed by atoms with Gasteiger partial charge < -0.3 is 14.8 Å². The monoisotopic (exact) mass is 346 g/mol. The third-order valence-electron chi connectivity index (χ3n) is 5.01. The Morgan fingerprint density at radius 2 is 1.80 bits per heavy atom. The number of nitrogens with zero attached hydrogens (tertiary/aromatic N) is 3. The lowest BCUT2D eigenvalue weighted by Gasteiger charge is -2.19. The van der Waals surface area contributed by atoms with Crippen molar-refractivity contribution in [3.8, 4) is 0 Å². The highest BCUT2D eigenvalue weighted by Gasteiger charge is 2.51. The summed E-state index contributed by atoms with van der Waals surface area (Å²) in [7, 11) is 1.49. The number of hydrogen-bond donors (Lipinski definition) is 1. The second kappa shape index (κ2) is 6.70. The van der Waals surface area contributed by atoms with Gasteiger partial charge in [-0.3, -0.25) is 19.3 Å². The molecule has 0 radical (unpaired) electrons. The standard InChI is InChI=1S/C17H22N4O4/c1-11-5-3-6-14(22)21(11)8-4-7-18-17(25)20-9-12-13(10-20)16(24)19(2)15(12)23/h3,5-6,12-13H,4,7-10H2,1-2H3,(H,18,25)/t12-,13+. The van der Waals surface area contributed by atoms with Gasteiger partial charge in [-0.05, 0) is 19.4 Å². The molecule has 0 spiro atoms. The van der Waals surface area contributed by atoms with Crippen molar-refractivity contribution in [2.45, 2.75) is 19.9 Å². The lowest BCUT2D eigenvalue weighted by Crippen LogP contribution is -2.42. The SMILES string of the molecule is Cc1cccc(=O)n1CCCNC(=O)N1C[C@@H]2C(=O)N(C)C(=O)[C@@H]2C1. The number of likely N-dealkylation sites (tertiary alicyclic amines) is 2. The van der Waals surface area contributed by atoms with Crippen LogP contribution in [-0.4, -0.2) is 58.9 Å². The molecule has 25 heavy (non-hydrogen) atoms. The lowest BCUT2D eigenvalue weighted by atomic mass is 10.00. The van der Waals surface area contributed by atoms with Crippen LogP contribution in [0.5, 0.6) is 0 Å². The van der Waals surface area contributed by atoms with Crippen LogP contribution in [0.2, 0.25) is 0 Å². The van der Waals surface area contributed by atoms with Crippen molar-refractivity contribution in [2.24, 2.45) is 11.8 Å². The molecule has 0 unspecified atom stereocenters. The van der Waals surface area contributed by atoms with Crippen molar-refractivity contribution < 1.29 is 14.4 Å². The molecule has 134 valence electrons. The number of imide groups is 1. The first-order chi connectivity index (χ1) is 11.9. The van der Waals surface area contributed by atoms with E-state index >= 15 is 0 Å². The van der Waals surface area contributed by atoms with Gasteiger partial charge in [0, 0.05) is 45.0 Å². The molecule has 2 atom stereocenters.